The van der Waals surface area contributed by atoms with E-state index in [1.807, 2.05) is 36.4 Å². The van der Waals surface area contributed by atoms with Gasteiger partial charge in [0.2, 0.25) is 0 Å². The maximum atomic E-state index is 12.7. The third-order valence-electron chi connectivity index (χ3n) is 4.17. The Morgan fingerprint density at radius 3 is 2.64 bits per heavy atom. The van der Waals surface area contributed by atoms with Crippen LogP contribution in [0.3, 0.4) is 0 Å². The Morgan fingerprint density at radius 1 is 1.16 bits per heavy atom. The number of benzene rings is 2. The molecule has 1 aliphatic heterocycles. The molecule has 1 atom stereocenters. The zero-order valence-corrected chi connectivity index (χ0v) is 13.7. The Hall–Kier alpha value is -3.33. The molecule has 6 heteroatoms. The summed E-state index contributed by atoms with van der Waals surface area (Å²) in [6.45, 7) is 1.97. The molecule has 2 aromatic rings. The van der Waals surface area contributed by atoms with Crippen LogP contribution in [0.5, 0.6) is 5.75 Å². The van der Waals surface area contributed by atoms with E-state index in [9.17, 15) is 9.59 Å². The van der Waals surface area contributed by atoms with Gasteiger partial charge < -0.3 is 10.1 Å². The number of rotatable bonds is 5. The summed E-state index contributed by atoms with van der Waals surface area (Å²) in [5.74, 6) is 0.218. The molecule has 0 bridgehead atoms. The highest BCUT2D eigenvalue weighted by atomic mass is 16.5. The van der Waals surface area contributed by atoms with Gasteiger partial charge in [-0.25, -0.2) is 4.79 Å². The van der Waals surface area contributed by atoms with Crippen molar-refractivity contribution in [1.29, 1.82) is 5.26 Å². The number of imide groups is 1. The van der Waals surface area contributed by atoms with Crippen molar-refractivity contribution in [2.24, 2.45) is 0 Å². The lowest BCUT2D eigenvalue weighted by Crippen LogP contribution is -2.41. The molecule has 6 nitrogen and oxygen atoms in total. The first-order valence-corrected chi connectivity index (χ1v) is 7.87. The van der Waals surface area contributed by atoms with E-state index in [0.29, 0.717) is 11.3 Å². The second-order valence-corrected chi connectivity index (χ2v) is 5.87. The molecule has 1 N–H and O–H groups in total. The van der Waals surface area contributed by atoms with Crippen LogP contribution in [0, 0.1) is 11.3 Å². The molecule has 0 spiro atoms. The van der Waals surface area contributed by atoms with Gasteiger partial charge in [-0.2, -0.15) is 5.26 Å². The van der Waals surface area contributed by atoms with Crippen LogP contribution >= 0.6 is 0 Å². The summed E-state index contributed by atoms with van der Waals surface area (Å²) in [6, 6.07) is 17.5. The molecule has 1 heterocycles. The Kier molecular flexibility index (Phi) is 4.40. The van der Waals surface area contributed by atoms with Gasteiger partial charge in [0.1, 0.15) is 17.9 Å². The Balaban J connectivity index is 1.66. The summed E-state index contributed by atoms with van der Waals surface area (Å²) in [5, 5.41) is 11.6. The van der Waals surface area contributed by atoms with Crippen LogP contribution in [0.15, 0.2) is 54.6 Å². The summed E-state index contributed by atoms with van der Waals surface area (Å²) in [4.78, 5) is 26.1. The second-order valence-electron chi connectivity index (χ2n) is 5.87. The molecule has 0 unspecified atom stereocenters. The number of hydrogen-bond donors (Lipinski definition) is 1. The molecule has 25 heavy (non-hydrogen) atoms. The molecule has 3 rings (SSSR count). The number of urea groups is 1. The largest absolute Gasteiger partial charge is 0.492 e. The fraction of sp³-hybridized carbons (Fsp3) is 0.211. The lowest BCUT2D eigenvalue weighted by atomic mass is 9.92. The number of ether oxygens (including phenoxy) is 1. The maximum Gasteiger partial charge on any atom is 0.325 e. The van der Waals surface area contributed by atoms with Gasteiger partial charge in [-0.05, 0) is 30.7 Å². The fourth-order valence-electron chi connectivity index (χ4n) is 2.78. The van der Waals surface area contributed by atoms with E-state index < -0.39 is 11.6 Å². The van der Waals surface area contributed by atoms with E-state index >= 15 is 0 Å². The van der Waals surface area contributed by atoms with Crippen LogP contribution in [-0.2, 0) is 10.3 Å². The molecular weight excluding hydrogens is 318 g/mol. The fourth-order valence-corrected chi connectivity index (χ4v) is 2.78. The van der Waals surface area contributed by atoms with Gasteiger partial charge in [-0.3, -0.25) is 9.69 Å². The maximum absolute atomic E-state index is 12.7. The zero-order chi connectivity index (χ0) is 17.9. The van der Waals surface area contributed by atoms with Crippen molar-refractivity contribution in [3.8, 4) is 11.8 Å². The number of nitrogens with one attached hydrogen (secondary N) is 1. The minimum Gasteiger partial charge on any atom is -0.492 e. The van der Waals surface area contributed by atoms with Gasteiger partial charge in [0.25, 0.3) is 5.91 Å². The highest BCUT2D eigenvalue weighted by Gasteiger charge is 2.48. The van der Waals surface area contributed by atoms with E-state index in [1.165, 1.54) is 0 Å². The highest BCUT2D eigenvalue weighted by molar-refractivity contribution is 6.07. The van der Waals surface area contributed by atoms with Gasteiger partial charge in [0.05, 0.1) is 18.2 Å². The number of carbonyl (C=O) groups excluding carboxylic acids is 2. The summed E-state index contributed by atoms with van der Waals surface area (Å²) >= 11 is 0. The van der Waals surface area contributed by atoms with Crippen LogP contribution in [0.4, 0.5) is 4.79 Å². The molecule has 0 saturated carbocycles. The number of nitrogens with zero attached hydrogens (tertiary/aromatic N) is 2. The molecule has 0 radical (unpaired) electrons. The van der Waals surface area contributed by atoms with Crippen LogP contribution in [0.1, 0.15) is 18.1 Å². The predicted octanol–water partition coefficient (Wildman–Crippen LogP) is 2.40. The lowest BCUT2D eigenvalue weighted by molar-refractivity contribution is -0.131. The van der Waals surface area contributed by atoms with Crippen molar-refractivity contribution in [2.75, 3.05) is 13.2 Å². The number of carbonyl (C=O) groups is 2. The third kappa shape index (κ3) is 3.17. The number of hydrogen-bond acceptors (Lipinski definition) is 4. The molecule has 1 aliphatic rings. The van der Waals surface area contributed by atoms with Crippen molar-refractivity contribution in [3.63, 3.8) is 0 Å². The van der Waals surface area contributed by atoms with E-state index in [0.717, 1.165) is 10.5 Å². The SMILES string of the molecule is C[C@@]1(c2ccccc2)NC(=O)N(CCOc2cccc(C#N)c2)C1=O. The predicted molar refractivity (Wildman–Crippen MR) is 90.7 cm³/mol. The van der Waals surface area contributed by atoms with Gasteiger partial charge in [-0.1, -0.05) is 36.4 Å². The molecule has 0 aliphatic carbocycles. The first-order valence-electron chi connectivity index (χ1n) is 7.87. The smallest absolute Gasteiger partial charge is 0.325 e. The van der Waals surface area contributed by atoms with E-state index in [2.05, 4.69) is 5.32 Å². The van der Waals surface area contributed by atoms with Gasteiger partial charge in [-0.15, -0.1) is 0 Å². The van der Waals surface area contributed by atoms with Crippen LogP contribution < -0.4 is 10.1 Å². The molecule has 1 saturated heterocycles. The van der Waals surface area contributed by atoms with Gasteiger partial charge in [0, 0.05) is 0 Å². The molecular formula is C19H17N3O3. The third-order valence-corrected chi connectivity index (χ3v) is 4.17. The number of nitriles is 1. The van der Waals surface area contributed by atoms with Crippen molar-refractivity contribution in [3.05, 3.63) is 65.7 Å². The summed E-state index contributed by atoms with van der Waals surface area (Å²) in [7, 11) is 0. The van der Waals surface area contributed by atoms with Crippen molar-refractivity contribution < 1.29 is 14.3 Å². The van der Waals surface area contributed by atoms with E-state index in [1.54, 1.807) is 31.2 Å². The molecule has 1 fully saturated rings. The van der Waals surface area contributed by atoms with E-state index in [-0.39, 0.29) is 19.1 Å². The van der Waals surface area contributed by atoms with Crippen molar-refractivity contribution >= 4 is 11.9 Å². The topological polar surface area (TPSA) is 82.4 Å². The monoisotopic (exact) mass is 335 g/mol. The molecule has 126 valence electrons. The normalized spacial score (nSPS) is 19.4. The zero-order valence-electron chi connectivity index (χ0n) is 13.7. The summed E-state index contributed by atoms with van der Waals surface area (Å²) in [5.41, 5.74) is 0.154. The molecule has 2 aromatic carbocycles. The summed E-state index contributed by atoms with van der Waals surface area (Å²) in [6.07, 6.45) is 0. The van der Waals surface area contributed by atoms with Crippen LogP contribution in [0.2, 0.25) is 0 Å². The Bertz CT molecular complexity index is 844. The second kappa shape index (κ2) is 6.65. The molecule has 3 amide bonds. The summed E-state index contributed by atoms with van der Waals surface area (Å²) < 4.78 is 5.56. The quantitative estimate of drug-likeness (QED) is 0.851. The first-order chi connectivity index (χ1) is 12.0. The Labute approximate surface area is 145 Å². The van der Waals surface area contributed by atoms with Crippen molar-refractivity contribution in [2.45, 2.75) is 12.5 Å². The van der Waals surface area contributed by atoms with Crippen LogP contribution in [-0.4, -0.2) is 30.0 Å². The van der Waals surface area contributed by atoms with Crippen LogP contribution in [0.25, 0.3) is 0 Å². The highest BCUT2D eigenvalue weighted by Crippen LogP contribution is 2.28. The average Bonchev–Trinajstić information content (AvgIpc) is 2.86. The molecule has 0 aromatic heterocycles. The minimum atomic E-state index is -1.07. The standard InChI is InChI=1S/C19H17N3O3/c1-19(15-7-3-2-4-8-15)17(23)22(18(24)21-19)10-11-25-16-9-5-6-14(12-16)13-20/h2-9,12H,10-11H2,1H3,(H,21,24)/t19-/m0/s1. The average molecular weight is 335 g/mol. The lowest BCUT2D eigenvalue weighted by Gasteiger charge is -2.22. The van der Waals surface area contributed by atoms with E-state index in [4.69, 9.17) is 10.00 Å². The number of amides is 3. The van der Waals surface area contributed by atoms with Gasteiger partial charge >= 0.3 is 6.03 Å². The van der Waals surface area contributed by atoms with Gasteiger partial charge in [0.15, 0.2) is 0 Å². The van der Waals surface area contributed by atoms with Crippen molar-refractivity contribution in [1.82, 2.24) is 10.2 Å². The Morgan fingerprint density at radius 2 is 1.92 bits per heavy atom. The first kappa shape index (κ1) is 16.5. The minimum absolute atomic E-state index is 0.129.